The minimum absolute atomic E-state index is 0.0386. The van der Waals surface area contributed by atoms with Crippen LogP contribution in [0.25, 0.3) is 0 Å². The van der Waals surface area contributed by atoms with Gasteiger partial charge in [0.1, 0.15) is 18.4 Å². The Morgan fingerprint density at radius 2 is 1.56 bits per heavy atom. The number of halogens is 1. The lowest BCUT2D eigenvalue weighted by molar-refractivity contribution is -0.140. The first kappa shape index (κ1) is 30.2. The molecule has 3 aromatic rings. The second-order valence-electron chi connectivity index (χ2n) is 10.7. The van der Waals surface area contributed by atoms with E-state index in [0.29, 0.717) is 0 Å². The molecule has 0 radical (unpaired) electrons. The van der Waals surface area contributed by atoms with Crippen molar-refractivity contribution in [3.8, 4) is 0 Å². The van der Waals surface area contributed by atoms with Crippen LogP contribution in [0, 0.1) is 12.7 Å². The topological polar surface area (TPSA) is 86.8 Å². The summed E-state index contributed by atoms with van der Waals surface area (Å²) in [7, 11) is -3.91. The molecule has 4 rings (SSSR count). The highest BCUT2D eigenvalue weighted by atomic mass is 32.2. The largest absolute Gasteiger partial charge is 0.352 e. The second kappa shape index (κ2) is 13.8. The van der Waals surface area contributed by atoms with Crippen LogP contribution >= 0.6 is 0 Å². The molecule has 1 fully saturated rings. The van der Waals surface area contributed by atoms with Crippen molar-refractivity contribution in [2.24, 2.45) is 0 Å². The number of rotatable bonds is 11. The van der Waals surface area contributed by atoms with Crippen molar-refractivity contribution in [1.82, 2.24) is 10.2 Å². The summed E-state index contributed by atoms with van der Waals surface area (Å²) >= 11 is 0. The van der Waals surface area contributed by atoms with E-state index in [2.05, 4.69) is 5.32 Å². The van der Waals surface area contributed by atoms with Gasteiger partial charge in [-0.3, -0.25) is 13.9 Å². The molecule has 9 heteroatoms. The summed E-state index contributed by atoms with van der Waals surface area (Å²) in [5.74, 6) is -1.30. The van der Waals surface area contributed by atoms with Crippen LogP contribution in [0.1, 0.15) is 48.8 Å². The molecule has 3 aromatic carbocycles. The van der Waals surface area contributed by atoms with E-state index >= 15 is 0 Å². The van der Waals surface area contributed by atoms with E-state index in [4.69, 9.17) is 0 Å². The molecule has 0 heterocycles. The third-order valence-corrected chi connectivity index (χ3v) is 8.76. The number of hydrogen-bond donors (Lipinski definition) is 1. The van der Waals surface area contributed by atoms with Gasteiger partial charge in [0.2, 0.25) is 21.8 Å². The first-order valence-corrected chi connectivity index (χ1v) is 15.9. The number of amides is 2. The zero-order valence-corrected chi connectivity index (χ0v) is 24.4. The first-order valence-electron chi connectivity index (χ1n) is 14.0. The number of nitrogens with one attached hydrogen (secondary N) is 1. The van der Waals surface area contributed by atoms with Crippen LogP contribution in [-0.4, -0.2) is 50.0 Å². The van der Waals surface area contributed by atoms with Crippen LogP contribution in [-0.2, 0) is 32.6 Å². The summed E-state index contributed by atoms with van der Waals surface area (Å²) in [6.07, 6.45) is 6.29. The predicted molar refractivity (Wildman–Crippen MR) is 159 cm³/mol. The SMILES string of the molecule is Cc1ccccc1CN(C(=O)CN(c1ccc(F)cc1)S(C)(=O)=O)[C@H](Cc1ccccc1)C(=O)NC1CCCCC1. The van der Waals surface area contributed by atoms with E-state index < -0.39 is 34.3 Å². The Labute approximate surface area is 242 Å². The Bertz CT molecular complexity index is 1420. The van der Waals surface area contributed by atoms with Crippen LogP contribution in [0.3, 0.4) is 0 Å². The summed E-state index contributed by atoms with van der Waals surface area (Å²) in [5, 5.41) is 3.19. The molecule has 1 aliphatic rings. The molecule has 1 saturated carbocycles. The van der Waals surface area contributed by atoms with Gasteiger partial charge in [0.15, 0.2) is 0 Å². The highest BCUT2D eigenvalue weighted by Gasteiger charge is 2.34. The molecule has 0 spiro atoms. The van der Waals surface area contributed by atoms with E-state index in [9.17, 15) is 22.4 Å². The number of aryl methyl sites for hydroxylation is 1. The number of anilines is 1. The Kier molecular flexibility index (Phi) is 10.2. The molecule has 41 heavy (non-hydrogen) atoms. The zero-order valence-electron chi connectivity index (χ0n) is 23.6. The van der Waals surface area contributed by atoms with Gasteiger partial charge >= 0.3 is 0 Å². The van der Waals surface area contributed by atoms with Gasteiger partial charge in [0.05, 0.1) is 11.9 Å². The van der Waals surface area contributed by atoms with Gasteiger partial charge in [-0.25, -0.2) is 12.8 Å². The van der Waals surface area contributed by atoms with Crippen molar-refractivity contribution in [2.45, 2.75) is 64.1 Å². The van der Waals surface area contributed by atoms with Crippen LogP contribution in [0.15, 0.2) is 78.9 Å². The summed E-state index contributed by atoms with van der Waals surface area (Å²) in [6.45, 7) is 1.54. The molecule has 0 aliphatic heterocycles. The summed E-state index contributed by atoms with van der Waals surface area (Å²) in [6, 6.07) is 21.2. The van der Waals surface area contributed by atoms with Gasteiger partial charge in [0, 0.05) is 19.0 Å². The molecule has 0 bridgehead atoms. The highest BCUT2D eigenvalue weighted by molar-refractivity contribution is 7.92. The van der Waals surface area contributed by atoms with Crippen LogP contribution in [0.5, 0.6) is 0 Å². The zero-order chi connectivity index (χ0) is 29.4. The lowest BCUT2D eigenvalue weighted by Gasteiger charge is -2.35. The highest BCUT2D eigenvalue weighted by Crippen LogP contribution is 2.23. The minimum Gasteiger partial charge on any atom is -0.352 e. The first-order chi connectivity index (χ1) is 19.6. The van der Waals surface area contributed by atoms with Crippen LogP contribution in [0.4, 0.5) is 10.1 Å². The van der Waals surface area contributed by atoms with Crippen molar-refractivity contribution >= 4 is 27.5 Å². The normalized spacial score (nSPS) is 14.7. The van der Waals surface area contributed by atoms with Crippen molar-refractivity contribution in [3.05, 3.63) is 101 Å². The molecule has 1 atom stereocenters. The minimum atomic E-state index is -3.91. The molecule has 7 nitrogen and oxygen atoms in total. The van der Waals surface area contributed by atoms with E-state index in [0.717, 1.165) is 71.5 Å². The van der Waals surface area contributed by atoms with Crippen molar-refractivity contribution in [2.75, 3.05) is 17.1 Å². The number of sulfonamides is 1. The predicted octanol–water partition coefficient (Wildman–Crippen LogP) is 4.99. The standard InChI is InChI=1S/C32H38FN3O4S/c1-24-11-9-10-14-26(24)22-35(31(37)23-36(41(2,39)40)29-19-17-27(33)18-20-29)30(21-25-12-5-3-6-13-25)32(38)34-28-15-7-4-8-16-28/h3,5-6,9-14,17-20,28,30H,4,7-8,15-16,21-23H2,1-2H3,(H,34,38)/t30-/m1/s1. The number of carbonyl (C=O) groups is 2. The molecule has 1 aliphatic carbocycles. The maximum Gasteiger partial charge on any atom is 0.244 e. The fourth-order valence-corrected chi connectivity index (χ4v) is 6.14. The molecular weight excluding hydrogens is 541 g/mol. The van der Waals surface area contributed by atoms with Gasteiger partial charge in [-0.15, -0.1) is 0 Å². The van der Waals surface area contributed by atoms with E-state index in [1.807, 2.05) is 61.5 Å². The second-order valence-corrected chi connectivity index (χ2v) is 12.7. The Morgan fingerprint density at radius 1 is 0.927 bits per heavy atom. The smallest absolute Gasteiger partial charge is 0.244 e. The Balaban J connectivity index is 1.72. The van der Waals surface area contributed by atoms with E-state index in [1.54, 1.807) is 0 Å². The third-order valence-electron chi connectivity index (χ3n) is 7.62. The number of hydrogen-bond acceptors (Lipinski definition) is 4. The van der Waals surface area contributed by atoms with Gasteiger partial charge in [-0.1, -0.05) is 73.9 Å². The van der Waals surface area contributed by atoms with Crippen LogP contribution < -0.4 is 9.62 Å². The molecule has 0 saturated heterocycles. The number of carbonyl (C=O) groups excluding carboxylic acids is 2. The fourth-order valence-electron chi connectivity index (χ4n) is 5.29. The van der Waals surface area contributed by atoms with Gasteiger partial charge in [-0.05, 0) is 60.7 Å². The van der Waals surface area contributed by atoms with Gasteiger partial charge in [-0.2, -0.15) is 0 Å². The van der Waals surface area contributed by atoms with E-state index in [1.165, 1.54) is 17.0 Å². The van der Waals surface area contributed by atoms with Crippen molar-refractivity contribution < 1.29 is 22.4 Å². The van der Waals surface area contributed by atoms with Gasteiger partial charge in [0.25, 0.3) is 0 Å². The van der Waals surface area contributed by atoms with E-state index in [-0.39, 0.29) is 30.6 Å². The average Bonchev–Trinajstić information content (AvgIpc) is 2.95. The molecule has 1 N–H and O–H groups in total. The summed E-state index contributed by atoms with van der Waals surface area (Å²) in [5.41, 5.74) is 2.87. The van der Waals surface area contributed by atoms with Gasteiger partial charge < -0.3 is 10.2 Å². The average molecular weight is 580 g/mol. The summed E-state index contributed by atoms with van der Waals surface area (Å²) < 4.78 is 40.2. The molecule has 0 unspecified atom stereocenters. The Morgan fingerprint density at radius 3 is 2.20 bits per heavy atom. The molecule has 2 amide bonds. The quantitative estimate of drug-likeness (QED) is 0.347. The molecule has 218 valence electrons. The third kappa shape index (κ3) is 8.39. The number of nitrogens with zero attached hydrogens (tertiary/aromatic N) is 2. The maximum atomic E-state index is 14.2. The lowest BCUT2D eigenvalue weighted by Crippen LogP contribution is -2.55. The monoisotopic (exact) mass is 579 g/mol. The number of benzene rings is 3. The lowest BCUT2D eigenvalue weighted by atomic mass is 9.94. The Hall–Kier alpha value is -3.72. The fraction of sp³-hybridized carbons (Fsp3) is 0.375. The molecule has 0 aromatic heterocycles. The van der Waals surface area contributed by atoms with Crippen LogP contribution in [0.2, 0.25) is 0 Å². The molecular formula is C32H38FN3O4S. The summed E-state index contributed by atoms with van der Waals surface area (Å²) in [4.78, 5) is 29.6. The van der Waals surface area contributed by atoms with Crippen molar-refractivity contribution in [3.63, 3.8) is 0 Å². The maximum absolute atomic E-state index is 14.2. The van der Waals surface area contributed by atoms with Crippen molar-refractivity contribution in [1.29, 1.82) is 0 Å².